The molecule has 0 radical (unpaired) electrons. The molecule has 0 spiro atoms. The van der Waals surface area contributed by atoms with Gasteiger partial charge in [-0.2, -0.15) is 4.31 Å². The molecule has 5 atom stereocenters. The normalized spacial score (nSPS) is 22.5. The van der Waals surface area contributed by atoms with E-state index >= 15 is 0 Å². The van der Waals surface area contributed by atoms with Crippen LogP contribution >= 0.6 is 0 Å². The number of amides is 3. The first-order valence-corrected chi connectivity index (χ1v) is 24.6. The van der Waals surface area contributed by atoms with E-state index in [9.17, 15) is 32.7 Å². The Bertz CT molecular complexity index is 2660. The van der Waals surface area contributed by atoms with E-state index in [1.54, 1.807) is 27.2 Å². The van der Waals surface area contributed by atoms with E-state index in [1.807, 2.05) is 37.3 Å². The summed E-state index contributed by atoms with van der Waals surface area (Å²) in [5.74, 6) is -2.92. The van der Waals surface area contributed by atoms with Gasteiger partial charge in [0.1, 0.15) is 18.1 Å². The van der Waals surface area contributed by atoms with Crippen LogP contribution in [-0.2, 0) is 58.1 Å². The monoisotopic (exact) mass is 939 g/mol. The second kappa shape index (κ2) is 19.6. The van der Waals surface area contributed by atoms with Gasteiger partial charge >= 0.3 is 5.97 Å². The third-order valence-corrected chi connectivity index (χ3v) is 14.9. The van der Waals surface area contributed by atoms with E-state index in [0.717, 1.165) is 64.7 Å². The zero-order chi connectivity index (χ0) is 48.6. The van der Waals surface area contributed by atoms with Crippen LogP contribution in [0.3, 0.4) is 0 Å². The van der Waals surface area contributed by atoms with Crippen molar-refractivity contribution < 1.29 is 42.2 Å². The number of pyridine rings is 1. The van der Waals surface area contributed by atoms with Crippen molar-refractivity contribution in [2.45, 2.75) is 110 Å². The molecule has 3 N–H and O–H groups in total. The van der Waals surface area contributed by atoms with E-state index in [0.29, 0.717) is 25.8 Å². The smallest absolute Gasteiger partial charge is 0.324 e. The summed E-state index contributed by atoms with van der Waals surface area (Å²) in [4.78, 5) is 63.1. The van der Waals surface area contributed by atoms with Gasteiger partial charge in [-0.15, -0.1) is 0 Å². The van der Waals surface area contributed by atoms with Gasteiger partial charge in [0.15, 0.2) is 5.60 Å². The van der Waals surface area contributed by atoms with E-state index in [4.69, 9.17) is 14.5 Å². The lowest BCUT2D eigenvalue weighted by molar-refractivity contribution is -0.156. The number of aromatic nitrogens is 2. The average molecular weight is 940 g/mol. The van der Waals surface area contributed by atoms with Crippen LogP contribution < -0.4 is 10.7 Å². The molecule has 0 saturated carbocycles. The van der Waals surface area contributed by atoms with Crippen LogP contribution in [0.2, 0.25) is 0 Å². The number of rotatable bonds is 11. The number of hydrogen-bond acceptors (Lipinski definition) is 11. The quantitative estimate of drug-likeness (QED) is 0.169. The van der Waals surface area contributed by atoms with Crippen LogP contribution in [0.25, 0.3) is 33.3 Å². The molecule has 0 aliphatic carbocycles. The Morgan fingerprint density at radius 3 is 2.55 bits per heavy atom. The molecule has 2 aromatic heterocycles. The number of nitrogens with one attached hydrogen (secondary N) is 2. The van der Waals surface area contributed by atoms with Crippen molar-refractivity contribution >= 4 is 44.6 Å². The molecule has 2 aromatic carbocycles. The maximum atomic E-state index is 14.7. The van der Waals surface area contributed by atoms with Gasteiger partial charge in [-0.1, -0.05) is 64.6 Å². The van der Waals surface area contributed by atoms with Crippen molar-refractivity contribution in [1.29, 1.82) is 0 Å². The summed E-state index contributed by atoms with van der Waals surface area (Å²) in [6, 6.07) is 15.1. The lowest BCUT2D eigenvalue weighted by atomic mass is 9.84. The van der Waals surface area contributed by atoms with Crippen molar-refractivity contribution in [2.75, 3.05) is 40.4 Å². The average Bonchev–Trinajstić information content (AvgIpc) is 3.87. The molecule has 0 unspecified atom stereocenters. The van der Waals surface area contributed by atoms with Gasteiger partial charge in [0, 0.05) is 80.1 Å². The Morgan fingerprint density at radius 1 is 1.10 bits per heavy atom. The van der Waals surface area contributed by atoms with Crippen LogP contribution in [0.15, 0.2) is 72.8 Å². The fourth-order valence-electron chi connectivity index (χ4n) is 9.88. The van der Waals surface area contributed by atoms with Gasteiger partial charge in [0.25, 0.3) is 11.8 Å². The summed E-state index contributed by atoms with van der Waals surface area (Å²) < 4.78 is 40.3. The minimum atomic E-state index is -3.91. The molecular weight excluding hydrogens is 875 g/mol. The van der Waals surface area contributed by atoms with E-state index < -0.39 is 75.3 Å². The van der Waals surface area contributed by atoms with Gasteiger partial charge in [0.2, 0.25) is 15.9 Å². The zero-order valence-corrected chi connectivity index (χ0v) is 40.7. The number of carbonyl (C=O) groups is 4. The zero-order valence-electron chi connectivity index (χ0n) is 39.9. The number of likely N-dealkylation sites (N-methyl/N-ethyl adjacent to an activating group) is 1. The molecule has 4 aromatic rings. The van der Waals surface area contributed by atoms with Crippen LogP contribution in [-0.4, -0.2) is 125 Å². The van der Waals surface area contributed by atoms with E-state index in [2.05, 4.69) is 66.9 Å². The second-order valence-electron chi connectivity index (χ2n) is 19.3. The number of benzene rings is 2. The molecule has 360 valence electrons. The van der Waals surface area contributed by atoms with Crippen LogP contribution in [0, 0.1) is 11.3 Å². The predicted octanol–water partition coefficient (Wildman–Crippen LogP) is 5.14. The van der Waals surface area contributed by atoms with Crippen molar-refractivity contribution in [2.24, 2.45) is 11.3 Å². The molecule has 17 heteroatoms. The number of cyclic esters (lactones) is 1. The second-order valence-corrected chi connectivity index (χ2v) is 21.2. The fraction of sp³-hybridized carbons (Fsp3) is 0.500. The molecule has 2 saturated heterocycles. The van der Waals surface area contributed by atoms with E-state index in [-0.39, 0.29) is 38.6 Å². The third kappa shape index (κ3) is 10.1. The van der Waals surface area contributed by atoms with Crippen molar-refractivity contribution in [1.82, 2.24) is 34.5 Å². The van der Waals surface area contributed by atoms with Gasteiger partial charge in [-0.3, -0.25) is 29.2 Å². The molecule has 7 rings (SSSR count). The molecular formula is C50H65N7O9S. The number of aryl methyl sites for hydroxylation is 1. The van der Waals surface area contributed by atoms with Gasteiger partial charge in [0.05, 0.1) is 30.6 Å². The highest BCUT2D eigenvalue weighted by Gasteiger charge is 2.49. The van der Waals surface area contributed by atoms with Crippen molar-refractivity contribution in [3.63, 3.8) is 0 Å². The SMILES string of the molecule is C=CS(=O)(=O)N1CC[C@](O)(C(=O)N(C)[C@H](C(=O)N[C@H]2Cc3cccc(c3)-c3ccc4c(c3)c(c(-c3cccnc3[C@H](C)OC)n4CC)CC(C)(C)COC(=O)[C@@H]3CCCN(N3)C2=O)C(C)C)C1. The molecule has 67 heavy (non-hydrogen) atoms. The number of fused-ring (bicyclic) bond motifs is 6. The first-order chi connectivity index (χ1) is 31.7. The minimum Gasteiger partial charge on any atom is -0.464 e. The summed E-state index contributed by atoms with van der Waals surface area (Å²) in [6.45, 7) is 15.6. The number of hydrogen-bond donors (Lipinski definition) is 3. The molecule has 3 aliphatic rings. The molecule has 3 amide bonds. The molecule has 6 bridgehead atoms. The van der Waals surface area contributed by atoms with Crippen LogP contribution in [0.1, 0.15) is 83.7 Å². The summed E-state index contributed by atoms with van der Waals surface area (Å²) in [5.41, 5.74) is 8.01. The Kier molecular flexibility index (Phi) is 14.5. The molecule has 5 heterocycles. The Balaban J connectivity index is 1.29. The largest absolute Gasteiger partial charge is 0.464 e. The lowest BCUT2D eigenvalue weighted by Gasteiger charge is -2.37. The third-order valence-electron chi connectivity index (χ3n) is 13.4. The van der Waals surface area contributed by atoms with Gasteiger partial charge < -0.3 is 29.4 Å². The molecule has 2 fully saturated rings. The fourth-order valence-corrected chi connectivity index (χ4v) is 10.8. The Morgan fingerprint density at radius 2 is 1.85 bits per heavy atom. The molecule has 16 nitrogen and oxygen atoms in total. The predicted molar refractivity (Wildman–Crippen MR) is 255 cm³/mol. The molecule has 3 aliphatic heterocycles. The number of aliphatic hydroxyl groups is 1. The first kappa shape index (κ1) is 49.4. The number of carbonyl (C=O) groups excluding carboxylic acids is 4. The standard InChI is InChI=1S/C50H65N7O9S/c1-10-56-41-20-19-35-27-37(41)38(44(56)36-17-13-22-51-42(36)32(5)65-9)28-49(6,7)30-66-47(60)39-18-14-23-57(53-39)46(59)40(26-33-15-12-16-34(35)25-33)52-45(58)43(31(3)4)54(8)48(61)50(62)21-24-55(29-50)67(63,64)11-2/h11-13,15-17,19-20,22,25,27,31-32,39-40,43,53,62H,2,10,14,18,21,23-24,26,28-30H2,1,3-9H3,(H,52,58)/t32-,39-,40-,43-,50+/m0/s1. The highest BCUT2D eigenvalue weighted by molar-refractivity contribution is 7.92. The summed E-state index contributed by atoms with van der Waals surface area (Å²) in [6.07, 6.45) is 2.88. The summed E-state index contributed by atoms with van der Waals surface area (Å²) in [7, 11) is -0.843. The van der Waals surface area contributed by atoms with Gasteiger partial charge in [-0.05, 0) is 85.5 Å². The Hall–Kier alpha value is -5.46. The maximum absolute atomic E-state index is 14.7. The highest BCUT2D eigenvalue weighted by atomic mass is 32.2. The Labute approximate surface area is 393 Å². The summed E-state index contributed by atoms with van der Waals surface area (Å²) in [5, 5.41) is 17.6. The van der Waals surface area contributed by atoms with Crippen molar-refractivity contribution in [3.05, 3.63) is 89.6 Å². The highest BCUT2D eigenvalue weighted by Crippen LogP contribution is 2.42. The number of methoxy groups -OCH3 is 1. The maximum Gasteiger partial charge on any atom is 0.324 e. The van der Waals surface area contributed by atoms with Crippen LogP contribution in [0.4, 0.5) is 0 Å². The number of ether oxygens (including phenoxy) is 2. The van der Waals surface area contributed by atoms with Crippen LogP contribution in [0.5, 0.6) is 0 Å². The summed E-state index contributed by atoms with van der Waals surface area (Å²) >= 11 is 0. The number of sulfonamides is 1. The lowest BCUT2D eigenvalue weighted by Crippen LogP contribution is -2.63. The number of β-amino-alcohol motifs (C(OH)–C–C–N with tert-alkyl or cyclic N) is 1. The van der Waals surface area contributed by atoms with Crippen molar-refractivity contribution in [3.8, 4) is 22.4 Å². The minimum absolute atomic E-state index is 0.0615. The first-order valence-electron chi connectivity index (χ1n) is 23.1. The topological polar surface area (TPSA) is 193 Å². The van der Waals surface area contributed by atoms with Gasteiger partial charge in [-0.25, -0.2) is 13.8 Å². The number of hydrazine groups is 1. The number of nitrogens with zero attached hydrogens (tertiary/aromatic N) is 5. The number of esters is 1. The van der Waals surface area contributed by atoms with E-state index in [1.165, 1.54) is 12.1 Å².